The number of benzene rings is 2. The van der Waals surface area contributed by atoms with Crippen LogP contribution in [0.25, 0.3) is 0 Å². The number of aliphatic imine (C=N–C) groups is 1. The number of guanidine groups is 1. The molecule has 3 N–H and O–H groups in total. The van der Waals surface area contributed by atoms with Gasteiger partial charge in [0.25, 0.3) is 5.91 Å². The van der Waals surface area contributed by atoms with Crippen LogP contribution in [0, 0.1) is 12.7 Å². The quantitative estimate of drug-likeness (QED) is 0.634. The average molecular weight is 425 g/mol. The summed E-state index contributed by atoms with van der Waals surface area (Å²) in [7, 11) is 0. The highest BCUT2D eigenvalue weighted by Gasteiger charge is 2.51. The Morgan fingerprint density at radius 1 is 1.26 bits per heavy atom. The summed E-state index contributed by atoms with van der Waals surface area (Å²) < 4.78 is 32.6. The van der Waals surface area contributed by atoms with Crippen LogP contribution < -0.4 is 10.5 Å². The minimum Gasteiger partial charge on any atom is -0.460 e. The second-order valence-electron chi connectivity index (χ2n) is 7.30. The number of aryl methyl sites for hydroxylation is 1. The number of hydrogen-bond donors (Lipinski definition) is 2. The summed E-state index contributed by atoms with van der Waals surface area (Å²) >= 11 is 0. The molecule has 0 spiro atoms. The van der Waals surface area contributed by atoms with E-state index in [1.54, 1.807) is 37.4 Å². The van der Waals surface area contributed by atoms with Crippen LogP contribution in [0.15, 0.2) is 60.0 Å². The van der Waals surface area contributed by atoms with Crippen LogP contribution in [0.5, 0.6) is 5.75 Å². The number of H-pyrrole nitrogens is 1. The van der Waals surface area contributed by atoms with Gasteiger partial charge in [0.1, 0.15) is 11.6 Å². The van der Waals surface area contributed by atoms with Crippen molar-refractivity contribution < 1.29 is 18.3 Å². The standard InChI is InChI=1S/C22H21F2N5O2/c1-13-8-16(6-7-19(13)31-14(2)23)22(15-4-3-5-17(24)9-15)20(30)29(21(25)28-22)11-18-10-26-12-27-18/h3-10,12,14H,11H2,1-2H3,(H2,25,28)(H,26,27). The van der Waals surface area contributed by atoms with Crippen LogP contribution in [0.2, 0.25) is 0 Å². The third kappa shape index (κ3) is 3.63. The molecule has 2 unspecified atom stereocenters. The van der Waals surface area contributed by atoms with Gasteiger partial charge in [-0.25, -0.2) is 18.8 Å². The number of aromatic amines is 1. The molecule has 0 radical (unpaired) electrons. The molecular formula is C22H21F2N5O2. The van der Waals surface area contributed by atoms with Crippen LogP contribution in [-0.2, 0) is 16.9 Å². The van der Waals surface area contributed by atoms with Gasteiger partial charge in [0, 0.05) is 13.1 Å². The third-order valence-corrected chi connectivity index (χ3v) is 5.12. The normalized spacial score (nSPS) is 19.4. The van der Waals surface area contributed by atoms with Crippen LogP contribution in [0.4, 0.5) is 8.78 Å². The van der Waals surface area contributed by atoms with Crippen molar-refractivity contribution in [1.29, 1.82) is 0 Å². The van der Waals surface area contributed by atoms with Crippen molar-refractivity contribution in [3.63, 3.8) is 0 Å². The van der Waals surface area contributed by atoms with Crippen LogP contribution >= 0.6 is 0 Å². The molecule has 9 heteroatoms. The molecule has 0 saturated heterocycles. The Morgan fingerprint density at radius 2 is 2.03 bits per heavy atom. The van der Waals surface area contributed by atoms with Gasteiger partial charge in [-0.05, 0) is 47.9 Å². The van der Waals surface area contributed by atoms with Crippen LogP contribution in [0.1, 0.15) is 29.3 Å². The Hall–Kier alpha value is -3.75. The van der Waals surface area contributed by atoms with Crippen molar-refractivity contribution in [3.8, 4) is 5.75 Å². The van der Waals surface area contributed by atoms with E-state index in [2.05, 4.69) is 15.0 Å². The molecule has 1 aliphatic rings. The molecule has 2 heterocycles. The summed E-state index contributed by atoms with van der Waals surface area (Å²) in [6, 6.07) is 10.5. The fourth-order valence-electron chi connectivity index (χ4n) is 3.71. The van der Waals surface area contributed by atoms with E-state index in [1.807, 2.05) is 0 Å². The number of carbonyl (C=O) groups excluding carboxylic acids is 1. The molecule has 3 aromatic rings. The molecular weight excluding hydrogens is 404 g/mol. The van der Waals surface area contributed by atoms with E-state index in [1.165, 1.54) is 36.4 Å². The second kappa shape index (κ2) is 7.82. The second-order valence-corrected chi connectivity index (χ2v) is 7.30. The van der Waals surface area contributed by atoms with Gasteiger partial charge in [-0.15, -0.1) is 0 Å². The minimum atomic E-state index is -1.59. The van der Waals surface area contributed by atoms with Crippen molar-refractivity contribution >= 4 is 11.9 Å². The average Bonchev–Trinajstić information content (AvgIpc) is 3.32. The number of carbonyl (C=O) groups is 1. The van der Waals surface area contributed by atoms with E-state index in [9.17, 15) is 13.6 Å². The number of nitrogens with zero attached hydrogens (tertiary/aromatic N) is 3. The van der Waals surface area contributed by atoms with Gasteiger partial charge < -0.3 is 15.5 Å². The van der Waals surface area contributed by atoms with Gasteiger partial charge in [0.2, 0.25) is 6.36 Å². The Bertz CT molecular complexity index is 1150. The Balaban J connectivity index is 1.84. The van der Waals surface area contributed by atoms with E-state index < -0.39 is 23.6 Å². The van der Waals surface area contributed by atoms with E-state index >= 15 is 0 Å². The highest BCUT2D eigenvalue weighted by atomic mass is 19.1. The lowest BCUT2D eigenvalue weighted by atomic mass is 9.82. The predicted octanol–water partition coefficient (Wildman–Crippen LogP) is 3.15. The molecule has 1 amide bonds. The number of nitrogens with two attached hydrogens (primary N) is 1. The van der Waals surface area contributed by atoms with Gasteiger partial charge >= 0.3 is 0 Å². The minimum absolute atomic E-state index is 0.000721. The lowest BCUT2D eigenvalue weighted by molar-refractivity contribution is -0.130. The fraction of sp³-hybridized carbons (Fsp3) is 0.227. The van der Waals surface area contributed by atoms with Crippen molar-refractivity contribution in [3.05, 3.63) is 83.2 Å². The Kier molecular flexibility index (Phi) is 5.18. The van der Waals surface area contributed by atoms with E-state index in [4.69, 9.17) is 10.5 Å². The first-order valence-corrected chi connectivity index (χ1v) is 9.63. The van der Waals surface area contributed by atoms with Crippen LogP contribution in [0.3, 0.4) is 0 Å². The SMILES string of the molecule is Cc1cc(C2(c3cccc(F)c3)N=C(N)N(Cc3cnc[nH]3)C2=O)ccc1OC(C)F. The first kappa shape index (κ1) is 20.5. The highest BCUT2D eigenvalue weighted by Crippen LogP contribution is 2.41. The summed E-state index contributed by atoms with van der Waals surface area (Å²) in [5.41, 5.74) is 6.64. The number of alkyl halides is 1. The molecule has 0 saturated carbocycles. The molecule has 0 aliphatic carbocycles. The maximum absolute atomic E-state index is 14.1. The summed E-state index contributed by atoms with van der Waals surface area (Å²) in [5.74, 6) is -0.602. The number of amides is 1. The van der Waals surface area contributed by atoms with Crippen molar-refractivity contribution in [2.45, 2.75) is 32.3 Å². The predicted molar refractivity (Wildman–Crippen MR) is 110 cm³/mol. The summed E-state index contributed by atoms with van der Waals surface area (Å²) in [5, 5.41) is 0. The number of aromatic nitrogens is 2. The molecule has 1 aromatic heterocycles. The maximum Gasteiger partial charge on any atom is 0.266 e. The zero-order valence-corrected chi connectivity index (χ0v) is 17.0. The van der Waals surface area contributed by atoms with Crippen LogP contribution in [-0.4, -0.2) is 33.1 Å². The largest absolute Gasteiger partial charge is 0.460 e. The van der Waals surface area contributed by atoms with Crippen molar-refractivity contribution in [1.82, 2.24) is 14.9 Å². The number of halogens is 2. The lowest BCUT2D eigenvalue weighted by Crippen LogP contribution is -2.43. The highest BCUT2D eigenvalue weighted by molar-refractivity contribution is 6.09. The monoisotopic (exact) mass is 425 g/mol. The van der Waals surface area contributed by atoms with Gasteiger partial charge in [-0.3, -0.25) is 9.69 Å². The Morgan fingerprint density at radius 3 is 2.68 bits per heavy atom. The van der Waals surface area contributed by atoms with E-state index in [0.717, 1.165) is 0 Å². The van der Waals surface area contributed by atoms with Crippen molar-refractivity contribution in [2.75, 3.05) is 0 Å². The van der Waals surface area contributed by atoms with Gasteiger partial charge in [-0.2, -0.15) is 0 Å². The number of imidazole rings is 1. The van der Waals surface area contributed by atoms with Gasteiger partial charge in [0.05, 0.1) is 18.6 Å². The molecule has 31 heavy (non-hydrogen) atoms. The Labute approximate surface area is 177 Å². The van der Waals surface area contributed by atoms with Gasteiger partial charge in [0.15, 0.2) is 11.5 Å². The first-order valence-electron chi connectivity index (χ1n) is 9.63. The zero-order chi connectivity index (χ0) is 22.2. The molecule has 1 aliphatic heterocycles. The smallest absolute Gasteiger partial charge is 0.266 e. The topological polar surface area (TPSA) is 96.6 Å². The summed E-state index contributed by atoms with van der Waals surface area (Å²) in [4.78, 5) is 26.5. The molecule has 2 aromatic carbocycles. The maximum atomic E-state index is 14.1. The van der Waals surface area contributed by atoms with Gasteiger partial charge in [-0.1, -0.05) is 18.2 Å². The molecule has 4 rings (SSSR count). The molecule has 2 atom stereocenters. The molecule has 160 valence electrons. The summed E-state index contributed by atoms with van der Waals surface area (Å²) in [6.45, 7) is 3.14. The molecule has 7 nitrogen and oxygen atoms in total. The number of rotatable bonds is 6. The summed E-state index contributed by atoms with van der Waals surface area (Å²) in [6.07, 6.45) is 1.59. The zero-order valence-electron chi connectivity index (χ0n) is 17.0. The van der Waals surface area contributed by atoms with E-state index in [-0.39, 0.29) is 12.5 Å². The number of ether oxygens (including phenoxy) is 1. The molecule has 0 bridgehead atoms. The van der Waals surface area contributed by atoms with E-state index in [0.29, 0.717) is 28.1 Å². The first-order chi connectivity index (χ1) is 14.8. The number of nitrogens with one attached hydrogen (secondary N) is 1. The fourth-order valence-corrected chi connectivity index (χ4v) is 3.71. The lowest BCUT2D eigenvalue weighted by Gasteiger charge is -2.27. The number of hydrogen-bond acceptors (Lipinski definition) is 5. The molecule has 0 fully saturated rings. The van der Waals surface area contributed by atoms with Crippen molar-refractivity contribution in [2.24, 2.45) is 10.7 Å². The third-order valence-electron chi connectivity index (χ3n) is 5.12.